The minimum absolute atomic E-state index is 0.0227. The van der Waals surface area contributed by atoms with E-state index in [0.29, 0.717) is 0 Å². The molecule has 0 bridgehead atoms. The van der Waals surface area contributed by atoms with Gasteiger partial charge < -0.3 is 19.7 Å². The number of alkyl halides is 1. The number of rotatable bonds is 10. The van der Waals surface area contributed by atoms with Crippen molar-refractivity contribution in [3.63, 3.8) is 0 Å². The van der Waals surface area contributed by atoms with Gasteiger partial charge in [0.1, 0.15) is 11.8 Å². The van der Waals surface area contributed by atoms with Gasteiger partial charge in [-0.15, -0.1) is 0 Å². The van der Waals surface area contributed by atoms with E-state index in [4.69, 9.17) is 24.3 Å². The molecule has 38 heavy (non-hydrogen) atoms. The molecule has 0 spiro atoms. The average molecular weight is 553 g/mol. The summed E-state index contributed by atoms with van der Waals surface area (Å²) in [7, 11) is -4.17. The Labute approximate surface area is 217 Å². The monoisotopic (exact) mass is 552 g/mol. The Hall–Kier alpha value is -3.32. The standard InChI is InChI=1S/C23H30FN6O7P/c1-13(2)35-20(32)14(3)29-38(33,37-15-8-6-5-7-9-15)34-11-16-10-23(4,24)21(36-16)30-12-26-17-18(30)27-22(25)28-19(17)31/h5-9,12-14,16,21H,10-11H2,1-4H3,(H,29,33)(H3,25,27,28,31)/t14-,16?,21-,23-,38+/m1/s1. The number of nitrogens with zero attached hydrogens (tertiary/aromatic N) is 3. The number of halogens is 1. The van der Waals surface area contributed by atoms with Crippen molar-refractivity contribution in [2.45, 2.75) is 64.3 Å². The van der Waals surface area contributed by atoms with Crippen LogP contribution >= 0.6 is 7.75 Å². The maximum absolute atomic E-state index is 15.7. The molecular formula is C23H30FN6O7P. The van der Waals surface area contributed by atoms with Crippen molar-refractivity contribution in [1.82, 2.24) is 24.6 Å². The number of carbonyl (C=O) groups excluding carboxylic acids is 1. The second-order valence-corrected chi connectivity index (χ2v) is 11.1. The van der Waals surface area contributed by atoms with Crippen molar-refractivity contribution < 1.29 is 32.3 Å². The molecule has 1 aliphatic heterocycles. The van der Waals surface area contributed by atoms with E-state index in [2.05, 4.69) is 20.0 Å². The molecule has 2 aromatic heterocycles. The second-order valence-electron chi connectivity index (χ2n) is 9.40. The first-order valence-electron chi connectivity index (χ1n) is 11.9. The number of H-pyrrole nitrogens is 1. The highest BCUT2D eigenvalue weighted by molar-refractivity contribution is 7.52. The van der Waals surface area contributed by atoms with Gasteiger partial charge in [-0.1, -0.05) is 18.2 Å². The van der Waals surface area contributed by atoms with Crippen LogP contribution in [0.2, 0.25) is 0 Å². The lowest BCUT2D eigenvalue weighted by atomic mass is 10.0. The summed E-state index contributed by atoms with van der Waals surface area (Å²) in [5, 5.41) is 2.58. The summed E-state index contributed by atoms with van der Waals surface area (Å²) in [5.41, 5.74) is 3.17. The van der Waals surface area contributed by atoms with E-state index < -0.39 is 43.3 Å². The topological polar surface area (TPSA) is 173 Å². The Kier molecular flexibility index (Phi) is 7.88. The van der Waals surface area contributed by atoms with Gasteiger partial charge in [0.25, 0.3) is 5.56 Å². The molecule has 4 rings (SSSR count). The van der Waals surface area contributed by atoms with E-state index in [0.717, 1.165) is 0 Å². The van der Waals surface area contributed by atoms with Gasteiger partial charge in [0.15, 0.2) is 23.1 Å². The van der Waals surface area contributed by atoms with Crippen LogP contribution in [0.3, 0.4) is 0 Å². The van der Waals surface area contributed by atoms with E-state index in [1.165, 1.54) is 24.7 Å². The molecule has 13 nitrogen and oxygen atoms in total. The lowest BCUT2D eigenvalue weighted by Crippen LogP contribution is -2.36. The first-order chi connectivity index (χ1) is 17.9. The van der Waals surface area contributed by atoms with Gasteiger partial charge in [0.05, 0.1) is 25.1 Å². The summed E-state index contributed by atoms with van der Waals surface area (Å²) in [6.07, 6.45) is -1.39. The van der Waals surface area contributed by atoms with Crippen molar-refractivity contribution in [2.75, 3.05) is 12.3 Å². The number of ether oxygens (including phenoxy) is 2. The predicted octanol–water partition coefficient (Wildman–Crippen LogP) is 2.85. The zero-order valence-electron chi connectivity index (χ0n) is 21.3. The minimum atomic E-state index is -4.17. The molecule has 1 saturated heterocycles. The van der Waals surface area contributed by atoms with Crippen LogP contribution in [0.25, 0.3) is 11.2 Å². The fourth-order valence-electron chi connectivity index (χ4n) is 4.00. The molecule has 3 heterocycles. The van der Waals surface area contributed by atoms with Gasteiger partial charge in [-0.2, -0.15) is 10.1 Å². The van der Waals surface area contributed by atoms with Crippen LogP contribution in [-0.4, -0.2) is 56.0 Å². The highest BCUT2D eigenvalue weighted by Crippen LogP contribution is 2.47. The Balaban J connectivity index is 1.52. The SMILES string of the molecule is CC(C)OC(=O)[C@@H](C)N[P@](=O)(OCC1C[C@@](C)(F)[C@H](n2cnc3c(=O)[nH]c(N)nc32)O1)Oc1ccccc1. The van der Waals surface area contributed by atoms with E-state index in [9.17, 15) is 14.2 Å². The number of fused-ring (bicyclic) bond motifs is 1. The fraction of sp³-hybridized carbons (Fsp3) is 0.478. The van der Waals surface area contributed by atoms with Crippen LogP contribution in [0.5, 0.6) is 5.75 Å². The number of anilines is 1. The number of aromatic nitrogens is 4. The van der Waals surface area contributed by atoms with Crippen LogP contribution in [0.4, 0.5) is 10.3 Å². The van der Waals surface area contributed by atoms with Gasteiger partial charge in [-0.25, -0.2) is 13.9 Å². The molecule has 1 unspecified atom stereocenters. The summed E-state index contributed by atoms with van der Waals surface area (Å²) in [6.45, 7) is 5.81. The molecule has 1 aromatic carbocycles. The third-order valence-electron chi connectivity index (χ3n) is 5.62. The normalized spacial score (nSPS) is 23.8. The molecule has 3 aromatic rings. The van der Waals surface area contributed by atoms with Gasteiger partial charge >= 0.3 is 13.7 Å². The van der Waals surface area contributed by atoms with Gasteiger partial charge in [0.2, 0.25) is 5.95 Å². The maximum atomic E-state index is 15.7. The van der Waals surface area contributed by atoms with Crippen molar-refractivity contribution in [2.24, 2.45) is 0 Å². The molecule has 1 aliphatic rings. The maximum Gasteiger partial charge on any atom is 0.459 e. The first-order valence-corrected chi connectivity index (χ1v) is 13.5. The number of nitrogens with two attached hydrogens (primary N) is 1. The number of nitrogens with one attached hydrogen (secondary N) is 2. The molecule has 0 radical (unpaired) electrons. The number of hydrogen-bond acceptors (Lipinski definition) is 10. The zero-order chi connectivity index (χ0) is 27.7. The minimum Gasteiger partial charge on any atom is -0.462 e. The second kappa shape index (κ2) is 10.8. The van der Waals surface area contributed by atoms with Crippen LogP contribution < -0.4 is 20.9 Å². The van der Waals surface area contributed by atoms with Gasteiger partial charge in [-0.3, -0.25) is 23.7 Å². The number of nitrogen functional groups attached to an aromatic ring is 1. The third kappa shape index (κ3) is 6.21. The Morgan fingerprint density at radius 2 is 2.08 bits per heavy atom. The molecule has 0 aliphatic carbocycles. The van der Waals surface area contributed by atoms with Crippen LogP contribution in [0.15, 0.2) is 41.5 Å². The molecular weight excluding hydrogens is 522 g/mol. The zero-order valence-corrected chi connectivity index (χ0v) is 22.2. The summed E-state index contributed by atoms with van der Waals surface area (Å²) in [4.78, 5) is 34.8. The molecule has 1 fully saturated rings. The van der Waals surface area contributed by atoms with Crippen LogP contribution in [-0.2, 0) is 23.4 Å². The summed E-state index contributed by atoms with van der Waals surface area (Å²) in [5.74, 6) is -0.576. The third-order valence-corrected chi connectivity index (χ3v) is 7.27. The average Bonchev–Trinajstić information content (AvgIpc) is 3.37. The van der Waals surface area contributed by atoms with Crippen LogP contribution in [0.1, 0.15) is 40.3 Å². The highest BCUT2D eigenvalue weighted by atomic mass is 31.2. The van der Waals surface area contributed by atoms with Crippen molar-refractivity contribution in [3.8, 4) is 5.75 Å². The fourth-order valence-corrected chi connectivity index (χ4v) is 5.52. The van der Waals surface area contributed by atoms with Crippen molar-refractivity contribution in [1.29, 1.82) is 0 Å². The smallest absolute Gasteiger partial charge is 0.459 e. The van der Waals surface area contributed by atoms with E-state index in [1.54, 1.807) is 44.2 Å². The molecule has 15 heteroatoms. The summed E-state index contributed by atoms with van der Waals surface area (Å²) in [6, 6.07) is 7.20. The summed E-state index contributed by atoms with van der Waals surface area (Å²) >= 11 is 0. The number of imidazole rings is 1. The number of carbonyl (C=O) groups is 1. The highest BCUT2D eigenvalue weighted by Gasteiger charge is 2.48. The van der Waals surface area contributed by atoms with E-state index in [1.807, 2.05) is 0 Å². The van der Waals surface area contributed by atoms with Crippen molar-refractivity contribution in [3.05, 3.63) is 47.0 Å². The molecule has 4 N–H and O–H groups in total. The Morgan fingerprint density at radius 3 is 2.76 bits per heavy atom. The summed E-state index contributed by atoms with van der Waals surface area (Å²) < 4.78 is 52.9. The lowest BCUT2D eigenvalue weighted by Gasteiger charge is -2.24. The van der Waals surface area contributed by atoms with Gasteiger partial charge in [-0.05, 0) is 39.8 Å². The molecule has 0 amide bonds. The number of hydrogen-bond donors (Lipinski definition) is 3. The van der Waals surface area contributed by atoms with E-state index in [-0.39, 0.29) is 42.0 Å². The quantitative estimate of drug-likeness (QED) is 0.249. The van der Waals surface area contributed by atoms with Gasteiger partial charge in [0, 0.05) is 6.42 Å². The van der Waals surface area contributed by atoms with E-state index >= 15 is 4.39 Å². The van der Waals surface area contributed by atoms with Crippen molar-refractivity contribution >= 4 is 30.8 Å². The number of esters is 1. The molecule has 206 valence electrons. The number of benzene rings is 1. The predicted molar refractivity (Wildman–Crippen MR) is 135 cm³/mol. The largest absolute Gasteiger partial charge is 0.462 e. The first kappa shape index (κ1) is 27.7. The molecule has 0 saturated carbocycles. The Bertz CT molecular complexity index is 1400. The Morgan fingerprint density at radius 1 is 1.37 bits per heavy atom. The van der Waals surface area contributed by atoms with Crippen LogP contribution in [0, 0.1) is 0 Å². The number of aromatic amines is 1. The molecule has 5 atom stereocenters. The lowest BCUT2D eigenvalue weighted by molar-refractivity contribution is -0.149. The number of para-hydroxylation sites is 1.